The molecule has 0 aromatic rings. The van der Waals surface area contributed by atoms with Gasteiger partial charge in [0.05, 0.1) is 0 Å². The molecule has 0 bridgehead atoms. The van der Waals surface area contributed by atoms with Gasteiger partial charge in [0.1, 0.15) is 0 Å². The highest BCUT2D eigenvalue weighted by atomic mass is 32.2. The molecule has 1 aliphatic carbocycles. The Morgan fingerprint density at radius 1 is 1.50 bits per heavy atom. The predicted molar refractivity (Wildman–Crippen MR) is 49.5 cm³/mol. The molecule has 58 valence electrons. The van der Waals surface area contributed by atoms with Crippen molar-refractivity contribution in [2.45, 2.75) is 43.1 Å². The van der Waals surface area contributed by atoms with Crippen LogP contribution in [-0.2, 0) is 0 Å². The van der Waals surface area contributed by atoms with Crippen LogP contribution in [0.1, 0.15) is 32.6 Å². The summed E-state index contributed by atoms with van der Waals surface area (Å²) in [4.78, 5) is 0. The Labute approximate surface area is 68.1 Å². The van der Waals surface area contributed by atoms with Gasteiger partial charge in [0.25, 0.3) is 0 Å². The summed E-state index contributed by atoms with van der Waals surface area (Å²) in [6, 6.07) is 0. The van der Waals surface area contributed by atoms with E-state index in [0.29, 0.717) is 5.25 Å². The summed E-state index contributed by atoms with van der Waals surface area (Å²) >= 11 is 2.09. The number of hydrogen-bond donors (Lipinski definition) is 0. The molecule has 1 heteroatoms. The summed E-state index contributed by atoms with van der Waals surface area (Å²) in [5, 5.41) is 1.59. The summed E-state index contributed by atoms with van der Waals surface area (Å²) in [5.74, 6) is 0. The molecule has 1 atom stereocenters. The molecule has 0 aromatic carbocycles. The maximum atomic E-state index is 3.78. The van der Waals surface area contributed by atoms with Crippen LogP contribution in [0, 0.1) is 0 Å². The van der Waals surface area contributed by atoms with Crippen LogP contribution in [0.5, 0.6) is 0 Å². The maximum Gasteiger partial charge on any atom is 0.0198 e. The largest absolute Gasteiger partial charge is 0.151 e. The first-order valence-corrected chi connectivity index (χ1v) is 5.05. The zero-order valence-corrected chi connectivity index (χ0v) is 7.49. The average Bonchev–Trinajstić information content (AvgIpc) is 2.40. The molecule has 10 heavy (non-hydrogen) atoms. The van der Waals surface area contributed by atoms with Gasteiger partial charge in [-0.25, -0.2) is 0 Å². The molecule has 0 nitrogen and oxygen atoms in total. The van der Waals surface area contributed by atoms with Gasteiger partial charge in [0.2, 0.25) is 0 Å². The molecule has 1 fully saturated rings. The zero-order valence-electron chi connectivity index (χ0n) is 6.68. The molecule has 0 amide bonds. The van der Waals surface area contributed by atoms with E-state index in [9.17, 15) is 0 Å². The Balaban J connectivity index is 2.17. The molecule has 0 N–H and O–H groups in total. The van der Waals surface area contributed by atoms with Crippen molar-refractivity contribution in [1.82, 2.24) is 0 Å². The van der Waals surface area contributed by atoms with Crippen molar-refractivity contribution in [1.29, 1.82) is 0 Å². The molecule has 1 saturated carbocycles. The van der Waals surface area contributed by atoms with Gasteiger partial charge in [0.15, 0.2) is 0 Å². The molecule has 0 spiro atoms. The van der Waals surface area contributed by atoms with Crippen molar-refractivity contribution < 1.29 is 0 Å². The Hall–Kier alpha value is 0.0900. The third-order valence-corrected chi connectivity index (χ3v) is 3.52. The second-order valence-corrected chi connectivity index (χ2v) is 4.67. The van der Waals surface area contributed by atoms with E-state index in [-0.39, 0.29) is 0 Å². The van der Waals surface area contributed by atoms with Crippen molar-refractivity contribution in [2.24, 2.45) is 0 Å². The van der Waals surface area contributed by atoms with E-state index in [1.165, 1.54) is 25.7 Å². The van der Waals surface area contributed by atoms with Gasteiger partial charge in [0, 0.05) is 10.5 Å². The second kappa shape index (κ2) is 4.07. The van der Waals surface area contributed by atoms with Crippen LogP contribution in [0.25, 0.3) is 0 Å². The standard InChI is InChI=1S/C9H16S/c1-3-8(2)10-9-6-4-5-7-9/h3,8-9H,1,4-7H2,2H3. The van der Waals surface area contributed by atoms with Gasteiger partial charge in [-0.3, -0.25) is 0 Å². The van der Waals surface area contributed by atoms with E-state index in [1.54, 1.807) is 0 Å². The van der Waals surface area contributed by atoms with Crippen molar-refractivity contribution in [3.8, 4) is 0 Å². The van der Waals surface area contributed by atoms with Gasteiger partial charge in [-0.15, -0.1) is 6.58 Å². The Bertz CT molecular complexity index is 103. The van der Waals surface area contributed by atoms with Gasteiger partial charge in [-0.05, 0) is 19.8 Å². The van der Waals surface area contributed by atoms with E-state index in [1.807, 2.05) is 6.08 Å². The smallest absolute Gasteiger partial charge is 0.0198 e. The van der Waals surface area contributed by atoms with Crippen LogP contribution >= 0.6 is 11.8 Å². The Kier molecular flexibility index (Phi) is 3.33. The number of hydrogen-bond acceptors (Lipinski definition) is 1. The van der Waals surface area contributed by atoms with Crippen LogP contribution in [-0.4, -0.2) is 10.5 Å². The quantitative estimate of drug-likeness (QED) is 0.565. The van der Waals surface area contributed by atoms with E-state index >= 15 is 0 Å². The summed E-state index contributed by atoms with van der Waals surface area (Å²) < 4.78 is 0. The summed E-state index contributed by atoms with van der Waals surface area (Å²) in [7, 11) is 0. The number of rotatable bonds is 3. The van der Waals surface area contributed by atoms with Gasteiger partial charge in [-0.2, -0.15) is 11.8 Å². The Morgan fingerprint density at radius 2 is 2.10 bits per heavy atom. The molecule has 1 unspecified atom stereocenters. The second-order valence-electron chi connectivity index (χ2n) is 2.98. The number of thioether (sulfide) groups is 1. The highest BCUT2D eigenvalue weighted by Gasteiger charge is 2.16. The van der Waals surface area contributed by atoms with Crippen molar-refractivity contribution >= 4 is 11.8 Å². The first-order chi connectivity index (χ1) is 4.83. The lowest BCUT2D eigenvalue weighted by Gasteiger charge is -2.11. The van der Waals surface area contributed by atoms with Crippen molar-refractivity contribution in [3.63, 3.8) is 0 Å². The minimum atomic E-state index is 0.656. The normalized spacial score (nSPS) is 22.9. The van der Waals surface area contributed by atoms with Gasteiger partial charge < -0.3 is 0 Å². The molecule has 0 aliphatic heterocycles. The fraction of sp³-hybridized carbons (Fsp3) is 0.778. The summed E-state index contributed by atoms with van der Waals surface area (Å²) in [5.41, 5.74) is 0. The predicted octanol–water partition coefficient (Wildman–Crippen LogP) is 3.24. The van der Waals surface area contributed by atoms with E-state index < -0.39 is 0 Å². The zero-order chi connectivity index (χ0) is 7.40. The topological polar surface area (TPSA) is 0 Å². The SMILES string of the molecule is C=CC(C)SC1CCCC1. The summed E-state index contributed by atoms with van der Waals surface area (Å²) in [6.45, 7) is 6.01. The minimum absolute atomic E-state index is 0.656. The molecule has 0 aromatic heterocycles. The van der Waals surface area contributed by atoms with Crippen LogP contribution in [0.2, 0.25) is 0 Å². The molecular formula is C9H16S. The molecule has 1 aliphatic rings. The molecule has 1 rings (SSSR count). The van der Waals surface area contributed by atoms with Gasteiger partial charge in [-0.1, -0.05) is 18.9 Å². The third kappa shape index (κ3) is 2.37. The summed E-state index contributed by atoms with van der Waals surface area (Å²) in [6.07, 6.45) is 7.80. The average molecular weight is 156 g/mol. The van der Waals surface area contributed by atoms with Gasteiger partial charge >= 0.3 is 0 Å². The first kappa shape index (κ1) is 8.19. The lowest BCUT2D eigenvalue weighted by molar-refractivity contribution is 0.886. The van der Waals surface area contributed by atoms with E-state index in [2.05, 4.69) is 25.3 Å². The van der Waals surface area contributed by atoms with Crippen LogP contribution < -0.4 is 0 Å². The molecular weight excluding hydrogens is 140 g/mol. The van der Waals surface area contributed by atoms with Crippen LogP contribution in [0.15, 0.2) is 12.7 Å². The van der Waals surface area contributed by atoms with E-state index in [4.69, 9.17) is 0 Å². The van der Waals surface area contributed by atoms with Crippen LogP contribution in [0.3, 0.4) is 0 Å². The monoisotopic (exact) mass is 156 g/mol. The minimum Gasteiger partial charge on any atom is -0.151 e. The molecule has 0 heterocycles. The lowest BCUT2D eigenvalue weighted by Crippen LogP contribution is -2.00. The van der Waals surface area contributed by atoms with E-state index in [0.717, 1.165) is 5.25 Å². The fourth-order valence-corrected chi connectivity index (χ4v) is 2.71. The molecule has 0 saturated heterocycles. The third-order valence-electron chi connectivity index (χ3n) is 2.04. The maximum absolute atomic E-state index is 3.78. The lowest BCUT2D eigenvalue weighted by atomic mass is 10.4. The van der Waals surface area contributed by atoms with Crippen LogP contribution in [0.4, 0.5) is 0 Å². The molecule has 0 radical (unpaired) electrons. The fourth-order valence-electron chi connectivity index (χ4n) is 1.38. The Morgan fingerprint density at radius 3 is 2.60 bits per heavy atom. The van der Waals surface area contributed by atoms with Crippen molar-refractivity contribution in [2.75, 3.05) is 0 Å². The highest BCUT2D eigenvalue weighted by Crippen LogP contribution is 2.32. The van der Waals surface area contributed by atoms with Crippen molar-refractivity contribution in [3.05, 3.63) is 12.7 Å². The first-order valence-electron chi connectivity index (χ1n) is 4.11. The highest BCUT2D eigenvalue weighted by molar-refractivity contribution is 8.00.